The van der Waals surface area contributed by atoms with Crippen LogP contribution in [0.3, 0.4) is 0 Å². The molecule has 0 bridgehead atoms. The molecule has 3 heterocycles. The molecule has 0 aliphatic carbocycles. The van der Waals surface area contributed by atoms with Crippen molar-refractivity contribution in [1.29, 1.82) is 0 Å². The topological polar surface area (TPSA) is 71.1 Å². The minimum Gasteiger partial charge on any atom is -0.491 e. The number of thiophene rings is 1. The molecular formula is C29H32FN3O4S. The molecule has 0 spiro atoms. The predicted octanol–water partition coefficient (Wildman–Crippen LogP) is 5.41. The summed E-state index contributed by atoms with van der Waals surface area (Å²) in [5, 5.41) is 4.96. The fraction of sp³-hybridized carbons (Fsp3) is 0.379. The van der Waals surface area contributed by atoms with Crippen LogP contribution < -0.4 is 10.1 Å². The molecule has 5 rings (SSSR count). The van der Waals surface area contributed by atoms with E-state index in [1.807, 2.05) is 42.6 Å². The molecule has 1 saturated heterocycles. The van der Waals surface area contributed by atoms with Gasteiger partial charge in [0.15, 0.2) is 0 Å². The molecule has 3 amide bonds. The minimum absolute atomic E-state index is 0.0654. The fourth-order valence-corrected chi connectivity index (χ4v) is 5.86. The van der Waals surface area contributed by atoms with Gasteiger partial charge in [-0.3, -0.25) is 4.79 Å². The Morgan fingerprint density at radius 2 is 1.95 bits per heavy atom. The van der Waals surface area contributed by atoms with Gasteiger partial charge in [-0.1, -0.05) is 17.7 Å². The lowest BCUT2D eigenvalue weighted by molar-refractivity contribution is -0.135. The molecule has 1 aromatic heterocycles. The van der Waals surface area contributed by atoms with Gasteiger partial charge in [0.2, 0.25) is 5.91 Å². The Labute approximate surface area is 226 Å². The Hall–Kier alpha value is -3.43. The standard InChI is InChI=1S/C29H32FN3O4S/c1-20-4-8-22(9-5-20)31-29(35)32(17-24-3-2-15-36-24)18-28(34)33-14-12-27-25(13-16-38-27)26(33)19-37-23-10-6-21(30)7-11-23/h4-11,13,16,24,26H,2-3,12,14-15,17-19H2,1H3,(H,31,35)/t24-,26-/m0/s1. The first kappa shape index (κ1) is 26.2. The van der Waals surface area contributed by atoms with E-state index in [0.29, 0.717) is 31.1 Å². The number of anilines is 1. The lowest BCUT2D eigenvalue weighted by Crippen LogP contribution is -2.50. The number of rotatable bonds is 8. The first-order valence-electron chi connectivity index (χ1n) is 12.9. The highest BCUT2D eigenvalue weighted by Gasteiger charge is 2.34. The number of nitrogens with zero attached hydrogens (tertiary/aromatic N) is 2. The van der Waals surface area contributed by atoms with E-state index in [1.54, 1.807) is 33.3 Å². The van der Waals surface area contributed by atoms with Crippen molar-refractivity contribution in [2.75, 3.05) is 38.2 Å². The van der Waals surface area contributed by atoms with Gasteiger partial charge >= 0.3 is 6.03 Å². The maximum atomic E-state index is 13.7. The number of nitrogens with one attached hydrogen (secondary N) is 1. The van der Waals surface area contributed by atoms with Crippen LogP contribution in [0.2, 0.25) is 0 Å². The number of carbonyl (C=O) groups is 2. The number of amides is 3. The smallest absolute Gasteiger partial charge is 0.322 e. The van der Waals surface area contributed by atoms with Crippen molar-refractivity contribution in [3.05, 3.63) is 81.8 Å². The predicted molar refractivity (Wildman–Crippen MR) is 145 cm³/mol. The zero-order valence-corrected chi connectivity index (χ0v) is 22.2. The van der Waals surface area contributed by atoms with Crippen molar-refractivity contribution in [3.63, 3.8) is 0 Å². The van der Waals surface area contributed by atoms with Crippen molar-refractivity contribution in [1.82, 2.24) is 9.80 Å². The molecule has 2 aromatic carbocycles. The van der Waals surface area contributed by atoms with Crippen LogP contribution in [0.25, 0.3) is 0 Å². The highest BCUT2D eigenvalue weighted by atomic mass is 32.1. The van der Waals surface area contributed by atoms with Gasteiger partial charge in [-0.2, -0.15) is 0 Å². The summed E-state index contributed by atoms with van der Waals surface area (Å²) in [6, 6.07) is 14.8. The summed E-state index contributed by atoms with van der Waals surface area (Å²) in [5.74, 6) is 0.0624. The SMILES string of the molecule is Cc1ccc(NC(=O)N(CC(=O)N2CCc3sccc3[C@@H]2COc2ccc(F)cc2)C[C@@H]2CCCO2)cc1. The number of benzene rings is 2. The largest absolute Gasteiger partial charge is 0.491 e. The Kier molecular flexibility index (Phi) is 8.24. The van der Waals surface area contributed by atoms with E-state index in [4.69, 9.17) is 9.47 Å². The quantitative estimate of drug-likeness (QED) is 0.417. The molecule has 0 unspecified atom stereocenters. The normalized spacial score (nSPS) is 18.6. The summed E-state index contributed by atoms with van der Waals surface area (Å²) in [6.07, 6.45) is 2.47. The Bertz CT molecular complexity index is 1240. The van der Waals surface area contributed by atoms with Gasteiger partial charge in [0.25, 0.3) is 0 Å². The van der Waals surface area contributed by atoms with Crippen molar-refractivity contribution in [3.8, 4) is 5.75 Å². The highest BCUT2D eigenvalue weighted by molar-refractivity contribution is 7.10. The first-order valence-corrected chi connectivity index (χ1v) is 13.8. The van der Waals surface area contributed by atoms with E-state index < -0.39 is 0 Å². The molecule has 1 fully saturated rings. The second kappa shape index (κ2) is 12.0. The molecule has 38 heavy (non-hydrogen) atoms. The van der Waals surface area contributed by atoms with E-state index in [0.717, 1.165) is 30.4 Å². The summed E-state index contributed by atoms with van der Waals surface area (Å²) >= 11 is 1.67. The number of carbonyl (C=O) groups excluding carboxylic acids is 2. The van der Waals surface area contributed by atoms with Crippen LogP contribution >= 0.6 is 11.3 Å². The van der Waals surface area contributed by atoms with Crippen LogP contribution in [-0.4, -0.2) is 60.7 Å². The van der Waals surface area contributed by atoms with Gasteiger partial charge in [0.05, 0.1) is 12.1 Å². The van der Waals surface area contributed by atoms with Crippen molar-refractivity contribution >= 4 is 29.0 Å². The van der Waals surface area contributed by atoms with Crippen molar-refractivity contribution < 1.29 is 23.5 Å². The van der Waals surface area contributed by atoms with Gasteiger partial charge < -0.3 is 24.6 Å². The number of hydrogen-bond acceptors (Lipinski definition) is 5. The molecule has 2 aliphatic heterocycles. The van der Waals surface area contributed by atoms with E-state index in [2.05, 4.69) is 5.32 Å². The monoisotopic (exact) mass is 537 g/mol. The lowest BCUT2D eigenvalue weighted by Gasteiger charge is -2.37. The third kappa shape index (κ3) is 6.34. The average Bonchev–Trinajstić information content (AvgIpc) is 3.61. The summed E-state index contributed by atoms with van der Waals surface area (Å²) in [4.78, 5) is 31.7. The van der Waals surface area contributed by atoms with E-state index in [-0.39, 0.29) is 43.1 Å². The van der Waals surface area contributed by atoms with Crippen LogP contribution in [0, 0.1) is 12.7 Å². The van der Waals surface area contributed by atoms with Crippen LogP contribution in [-0.2, 0) is 16.0 Å². The fourth-order valence-electron chi connectivity index (χ4n) is 4.93. The number of urea groups is 1. The van der Waals surface area contributed by atoms with Crippen LogP contribution in [0.1, 0.15) is 34.9 Å². The number of ether oxygens (including phenoxy) is 2. The summed E-state index contributed by atoms with van der Waals surface area (Å²) in [6.45, 7) is 3.71. The number of hydrogen-bond donors (Lipinski definition) is 1. The molecule has 0 radical (unpaired) electrons. The van der Waals surface area contributed by atoms with Crippen LogP contribution in [0.15, 0.2) is 60.0 Å². The maximum absolute atomic E-state index is 13.7. The molecule has 200 valence electrons. The molecule has 2 atom stereocenters. The van der Waals surface area contributed by atoms with E-state index in [1.165, 1.54) is 17.0 Å². The number of fused-ring (bicyclic) bond motifs is 1. The van der Waals surface area contributed by atoms with E-state index >= 15 is 0 Å². The lowest BCUT2D eigenvalue weighted by atomic mass is 10.0. The zero-order valence-electron chi connectivity index (χ0n) is 21.4. The van der Waals surface area contributed by atoms with Crippen molar-refractivity contribution in [2.45, 2.75) is 38.3 Å². The molecule has 2 aliphatic rings. The average molecular weight is 538 g/mol. The summed E-state index contributed by atoms with van der Waals surface area (Å²) < 4.78 is 25.1. The Balaban J connectivity index is 1.31. The van der Waals surface area contributed by atoms with Gasteiger partial charge in [0, 0.05) is 30.3 Å². The molecule has 3 aromatic rings. The second-order valence-corrected chi connectivity index (χ2v) is 10.7. The van der Waals surface area contributed by atoms with Crippen molar-refractivity contribution in [2.24, 2.45) is 0 Å². The minimum atomic E-state index is -0.331. The zero-order chi connectivity index (χ0) is 26.5. The van der Waals surface area contributed by atoms with Gasteiger partial charge in [-0.05, 0) is 79.6 Å². The Morgan fingerprint density at radius 1 is 1.16 bits per heavy atom. The number of aryl methyl sites for hydroxylation is 1. The molecule has 9 heteroatoms. The second-order valence-electron chi connectivity index (χ2n) is 9.73. The maximum Gasteiger partial charge on any atom is 0.322 e. The highest BCUT2D eigenvalue weighted by Crippen LogP contribution is 2.34. The third-order valence-electron chi connectivity index (χ3n) is 7.00. The first-order chi connectivity index (χ1) is 18.5. The van der Waals surface area contributed by atoms with Crippen LogP contribution in [0.4, 0.5) is 14.9 Å². The van der Waals surface area contributed by atoms with Crippen LogP contribution in [0.5, 0.6) is 5.75 Å². The van der Waals surface area contributed by atoms with Gasteiger partial charge in [0.1, 0.15) is 24.7 Å². The molecule has 7 nitrogen and oxygen atoms in total. The summed E-state index contributed by atoms with van der Waals surface area (Å²) in [5.41, 5.74) is 2.84. The third-order valence-corrected chi connectivity index (χ3v) is 8.00. The molecule has 0 saturated carbocycles. The molecular weight excluding hydrogens is 505 g/mol. The van der Waals surface area contributed by atoms with E-state index in [9.17, 15) is 14.0 Å². The summed E-state index contributed by atoms with van der Waals surface area (Å²) in [7, 11) is 0. The van der Waals surface area contributed by atoms with Gasteiger partial charge in [-0.15, -0.1) is 11.3 Å². The molecule has 1 N–H and O–H groups in total. The van der Waals surface area contributed by atoms with Gasteiger partial charge in [-0.25, -0.2) is 9.18 Å². The Morgan fingerprint density at radius 3 is 2.68 bits per heavy atom. The number of halogens is 1.